The van der Waals surface area contributed by atoms with E-state index in [1.807, 2.05) is 55.5 Å². The molecule has 0 spiro atoms. The maximum Gasteiger partial charge on any atom is 0.264 e. The van der Waals surface area contributed by atoms with Crippen molar-refractivity contribution in [3.63, 3.8) is 0 Å². The van der Waals surface area contributed by atoms with Gasteiger partial charge in [0, 0.05) is 24.1 Å². The molecular weight excluding hydrogens is 380 g/mol. The Morgan fingerprint density at radius 2 is 1.87 bits per heavy atom. The zero-order valence-corrected chi connectivity index (χ0v) is 17.0. The summed E-state index contributed by atoms with van der Waals surface area (Å²) in [5, 5.41) is 3.81. The first-order valence-corrected chi connectivity index (χ1v) is 9.63. The quantitative estimate of drug-likeness (QED) is 0.527. The lowest BCUT2D eigenvalue weighted by Gasteiger charge is -2.14. The van der Waals surface area contributed by atoms with Crippen molar-refractivity contribution < 1.29 is 9.47 Å². The molecule has 0 unspecified atom stereocenters. The molecule has 0 bridgehead atoms. The first kappa shape index (κ1) is 19.4. The Morgan fingerprint density at radius 3 is 2.50 bits per heavy atom. The molecule has 30 heavy (non-hydrogen) atoms. The summed E-state index contributed by atoms with van der Waals surface area (Å²) in [6.45, 7) is 2.39. The smallest absolute Gasteiger partial charge is 0.264 e. The van der Waals surface area contributed by atoms with E-state index in [0.29, 0.717) is 35.2 Å². The van der Waals surface area contributed by atoms with Gasteiger partial charge in [0.2, 0.25) is 5.88 Å². The van der Waals surface area contributed by atoms with E-state index in [1.54, 1.807) is 31.0 Å². The molecule has 4 aromatic rings. The Bertz CT molecular complexity index is 1230. The maximum absolute atomic E-state index is 13.6. The number of nitrogens with zero attached hydrogens (tertiary/aromatic N) is 3. The summed E-state index contributed by atoms with van der Waals surface area (Å²) in [5.74, 6) is 1.91. The third-order valence-electron chi connectivity index (χ3n) is 4.78. The van der Waals surface area contributed by atoms with Crippen molar-refractivity contribution in [3.8, 4) is 28.4 Å². The topological polar surface area (TPSA) is 78.3 Å². The van der Waals surface area contributed by atoms with E-state index in [1.165, 1.54) is 0 Å². The van der Waals surface area contributed by atoms with Gasteiger partial charge in [0.1, 0.15) is 11.6 Å². The molecule has 1 aromatic carbocycles. The molecule has 0 fully saturated rings. The maximum atomic E-state index is 13.6. The SMILES string of the molecule is CCOc1ccc2cc(-c3ccc(OC)cc3)c(=O)n(-c3ccc(NC)nc3)c2n1. The Labute approximate surface area is 173 Å². The second-order valence-electron chi connectivity index (χ2n) is 6.57. The van der Waals surface area contributed by atoms with Crippen LogP contribution in [-0.2, 0) is 0 Å². The van der Waals surface area contributed by atoms with Crippen molar-refractivity contribution in [1.82, 2.24) is 14.5 Å². The van der Waals surface area contributed by atoms with Crippen LogP contribution in [0.4, 0.5) is 5.82 Å². The minimum atomic E-state index is -0.187. The van der Waals surface area contributed by atoms with Crippen LogP contribution in [0.3, 0.4) is 0 Å². The number of aromatic nitrogens is 3. The Hall–Kier alpha value is -3.87. The monoisotopic (exact) mass is 402 g/mol. The highest BCUT2D eigenvalue weighted by Gasteiger charge is 2.15. The second kappa shape index (κ2) is 8.24. The molecule has 0 saturated heterocycles. The molecule has 0 aliphatic carbocycles. The average molecular weight is 402 g/mol. The van der Waals surface area contributed by atoms with Crippen LogP contribution in [0.25, 0.3) is 27.8 Å². The standard InChI is InChI=1S/C23H22N4O3/c1-4-30-21-12-7-16-13-19(15-5-9-18(29-3)10-6-15)23(28)27(22(16)26-21)17-8-11-20(24-2)25-14-17/h5-14H,4H2,1-3H3,(H,24,25). The highest BCUT2D eigenvalue weighted by atomic mass is 16.5. The van der Waals surface area contributed by atoms with Gasteiger partial charge in [-0.25, -0.2) is 4.98 Å². The number of ether oxygens (including phenoxy) is 2. The molecule has 0 atom stereocenters. The number of pyridine rings is 3. The summed E-state index contributed by atoms with van der Waals surface area (Å²) in [5.41, 5.74) is 2.31. The molecule has 0 aliphatic heterocycles. The van der Waals surface area contributed by atoms with Crippen LogP contribution in [0.15, 0.2) is 65.6 Å². The second-order valence-corrected chi connectivity index (χ2v) is 6.57. The van der Waals surface area contributed by atoms with E-state index in [-0.39, 0.29) is 5.56 Å². The minimum absolute atomic E-state index is 0.187. The molecule has 4 rings (SSSR count). The van der Waals surface area contributed by atoms with Crippen LogP contribution < -0.4 is 20.3 Å². The molecule has 0 radical (unpaired) electrons. The normalized spacial score (nSPS) is 10.8. The van der Waals surface area contributed by atoms with Gasteiger partial charge in [-0.2, -0.15) is 4.98 Å². The lowest BCUT2D eigenvalue weighted by molar-refractivity contribution is 0.328. The van der Waals surface area contributed by atoms with Gasteiger partial charge in [-0.15, -0.1) is 0 Å². The summed E-state index contributed by atoms with van der Waals surface area (Å²) < 4.78 is 12.4. The van der Waals surface area contributed by atoms with Crippen molar-refractivity contribution in [2.45, 2.75) is 6.92 Å². The number of rotatable bonds is 6. The van der Waals surface area contributed by atoms with E-state index in [0.717, 1.165) is 16.7 Å². The van der Waals surface area contributed by atoms with Crippen LogP contribution in [0.1, 0.15) is 6.92 Å². The highest BCUT2D eigenvalue weighted by molar-refractivity contribution is 5.83. The Kier molecular flexibility index (Phi) is 5.34. The van der Waals surface area contributed by atoms with Gasteiger partial charge < -0.3 is 14.8 Å². The number of benzene rings is 1. The molecule has 0 saturated carbocycles. The largest absolute Gasteiger partial charge is 0.497 e. The van der Waals surface area contributed by atoms with Gasteiger partial charge in [0.25, 0.3) is 5.56 Å². The summed E-state index contributed by atoms with van der Waals surface area (Å²) >= 11 is 0. The molecular formula is C23H22N4O3. The molecule has 0 aliphatic rings. The van der Waals surface area contributed by atoms with E-state index < -0.39 is 0 Å². The predicted molar refractivity (Wildman–Crippen MR) is 118 cm³/mol. The van der Waals surface area contributed by atoms with E-state index in [4.69, 9.17) is 9.47 Å². The van der Waals surface area contributed by atoms with E-state index >= 15 is 0 Å². The highest BCUT2D eigenvalue weighted by Crippen LogP contribution is 2.26. The zero-order chi connectivity index (χ0) is 21.1. The van der Waals surface area contributed by atoms with Crippen molar-refractivity contribution in [2.75, 3.05) is 26.1 Å². The van der Waals surface area contributed by atoms with Crippen molar-refractivity contribution in [3.05, 3.63) is 71.1 Å². The molecule has 7 heteroatoms. The first-order chi connectivity index (χ1) is 14.6. The fourth-order valence-electron chi connectivity index (χ4n) is 3.28. The molecule has 1 N–H and O–H groups in total. The number of hydrogen-bond acceptors (Lipinski definition) is 6. The van der Waals surface area contributed by atoms with Crippen molar-refractivity contribution in [2.24, 2.45) is 0 Å². The van der Waals surface area contributed by atoms with Gasteiger partial charge in [-0.1, -0.05) is 12.1 Å². The van der Waals surface area contributed by atoms with Gasteiger partial charge in [-0.05, 0) is 48.9 Å². The fraction of sp³-hybridized carbons (Fsp3) is 0.174. The lowest BCUT2D eigenvalue weighted by Crippen LogP contribution is -2.21. The van der Waals surface area contributed by atoms with Crippen molar-refractivity contribution in [1.29, 1.82) is 0 Å². The Morgan fingerprint density at radius 1 is 1.07 bits per heavy atom. The predicted octanol–water partition coefficient (Wildman–Crippen LogP) is 3.90. The molecule has 7 nitrogen and oxygen atoms in total. The van der Waals surface area contributed by atoms with Crippen LogP contribution in [0.5, 0.6) is 11.6 Å². The first-order valence-electron chi connectivity index (χ1n) is 9.63. The fourth-order valence-corrected chi connectivity index (χ4v) is 3.28. The van der Waals surface area contributed by atoms with Crippen LogP contribution >= 0.6 is 0 Å². The summed E-state index contributed by atoms with van der Waals surface area (Å²) in [7, 11) is 3.41. The van der Waals surface area contributed by atoms with Gasteiger partial charge in [-0.3, -0.25) is 9.36 Å². The third kappa shape index (κ3) is 3.57. The zero-order valence-electron chi connectivity index (χ0n) is 17.0. The summed E-state index contributed by atoms with van der Waals surface area (Å²) in [6, 6.07) is 16.6. The number of nitrogens with one attached hydrogen (secondary N) is 1. The van der Waals surface area contributed by atoms with E-state index in [2.05, 4.69) is 15.3 Å². The number of anilines is 1. The lowest BCUT2D eigenvalue weighted by atomic mass is 10.1. The van der Waals surface area contributed by atoms with Crippen molar-refractivity contribution >= 4 is 16.9 Å². The summed E-state index contributed by atoms with van der Waals surface area (Å²) in [4.78, 5) is 22.5. The molecule has 152 valence electrons. The minimum Gasteiger partial charge on any atom is -0.497 e. The van der Waals surface area contributed by atoms with Crippen LogP contribution in [-0.4, -0.2) is 35.3 Å². The third-order valence-corrected chi connectivity index (χ3v) is 4.78. The van der Waals surface area contributed by atoms with E-state index in [9.17, 15) is 4.79 Å². The summed E-state index contributed by atoms with van der Waals surface area (Å²) in [6.07, 6.45) is 1.65. The number of methoxy groups -OCH3 is 1. The molecule has 3 heterocycles. The Balaban J connectivity index is 1.99. The molecule has 3 aromatic heterocycles. The van der Waals surface area contributed by atoms with Gasteiger partial charge >= 0.3 is 0 Å². The van der Waals surface area contributed by atoms with Gasteiger partial charge in [0.15, 0.2) is 5.65 Å². The molecule has 0 amide bonds. The van der Waals surface area contributed by atoms with Crippen LogP contribution in [0.2, 0.25) is 0 Å². The van der Waals surface area contributed by atoms with Gasteiger partial charge in [0.05, 0.1) is 25.6 Å². The number of fused-ring (bicyclic) bond motifs is 1. The number of hydrogen-bond donors (Lipinski definition) is 1. The van der Waals surface area contributed by atoms with Crippen LogP contribution in [0, 0.1) is 0 Å². The average Bonchev–Trinajstić information content (AvgIpc) is 2.79.